The number of anilines is 1. The molecule has 0 aliphatic carbocycles. The number of thioether (sulfide) groups is 1. The Balaban J connectivity index is 1.63. The Morgan fingerprint density at radius 2 is 2.18 bits per heavy atom. The predicted molar refractivity (Wildman–Crippen MR) is 138 cm³/mol. The van der Waals surface area contributed by atoms with Crippen molar-refractivity contribution in [2.75, 3.05) is 24.3 Å². The molecule has 1 aromatic carbocycles. The Labute approximate surface area is 213 Å². The Kier molecular flexibility index (Phi) is 7.63. The number of nitrogens with zero attached hydrogens (tertiary/aromatic N) is 2. The van der Waals surface area contributed by atoms with Crippen molar-refractivity contribution in [2.45, 2.75) is 29.1 Å². The first-order valence-corrected chi connectivity index (χ1v) is 16.3. The number of thiazole rings is 1. The molecule has 0 saturated heterocycles. The molecule has 0 radical (unpaired) electrons. The van der Waals surface area contributed by atoms with Crippen LogP contribution in [0.2, 0.25) is 3.97 Å². The van der Waals surface area contributed by atoms with Gasteiger partial charge in [-0.15, -0.1) is 0 Å². The monoisotopic (exact) mass is 621 g/mol. The van der Waals surface area contributed by atoms with Gasteiger partial charge in [-0.3, -0.25) is 4.55 Å². The van der Waals surface area contributed by atoms with Gasteiger partial charge in [-0.05, 0) is 0 Å². The van der Waals surface area contributed by atoms with Crippen LogP contribution in [0.15, 0.2) is 45.8 Å². The summed E-state index contributed by atoms with van der Waals surface area (Å²) >= 11 is 3.28. The Bertz CT molecular complexity index is 1260. The normalized spacial score (nSPS) is 19.2. The fourth-order valence-corrected chi connectivity index (χ4v) is 9.99. The zero-order valence-corrected chi connectivity index (χ0v) is 23.7. The van der Waals surface area contributed by atoms with Gasteiger partial charge in [-0.2, -0.15) is 8.42 Å². The molecule has 2 aliphatic heterocycles. The van der Waals surface area contributed by atoms with Gasteiger partial charge in [-0.1, -0.05) is 0 Å². The molecule has 33 heavy (non-hydrogen) atoms. The van der Waals surface area contributed by atoms with Crippen molar-refractivity contribution >= 4 is 75.7 Å². The van der Waals surface area contributed by atoms with E-state index in [4.69, 9.17) is 9.29 Å². The molecule has 1 N–H and O–H groups in total. The number of aromatic nitrogens is 1. The average Bonchev–Trinajstić information content (AvgIpc) is 3.24. The minimum absolute atomic E-state index is 0.218. The zero-order chi connectivity index (χ0) is 23.8. The Morgan fingerprint density at radius 3 is 2.91 bits per heavy atom. The van der Waals surface area contributed by atoms with E-state index in [9.17, 15) is 8.42 Å². The van der Waals surface area contributed by atoms with Gasteiger partial charge in [0.05, 0.1) is 7.11 Å². The molecule has 0 amide bonds. The number of benzene rings is 1. The first-order chi connectivity index (χ1) is 15.6. The molecular weight excluding hydrogens is 592 g/mol. The summed E-state index contributed by atoms with van der Waals surface area (Å²) in [6.07, 6.45) is 9.30. The maximum absolute atomic E-state index is 11.2. The van der Waals surface area contributed by atoms with E-state index < -0.39 is 10.1 Å². The molecule has 0 fully saturated rings. The SMILES string of the molecule is COc1ccc2c(c1)N(CCCS(=O)(=O)O)C(=CC(C)=Cc1sc3c([n+]1C)[Te]C(C)C=C3)S2. The van der Waals surface area contributed by atoms with Crippen LogP contribution in [0.3, 0.4) is 0 Å². The quantitative estimate of drug-likeness (QED) is 0.289. The van der Waals surface area contributed by atoms with Crippen LogP contribution >= 0.6 is 23.1 Å². The van der Waals surface area contributed by atoms with Crippen LogP contribution in [0, 0.1) is 0 Å². The van der Waals surface area contributed by atoms with Gasteiger partial charge in [0, 0.05) is 0 Å². The summed E-state index contributed by atoms with van der Waals surface area (Å²) in [4.78, 5) is 4.59. The van der Waals surface area contributed by atoms with Crippen molar-refractivity contribution in [2.24, 2.45) is 7.05 Å². The van der Waals surface area contributed by atoms with E-state index in [-0.39, 0.29) is 26.7 Å². The van der Waals surface area contributed by atoms with Crippen molar-refractivity contribution in [3.63, 3.8) is 0 Å². The summed E-state index contributed by atoms with van der Waals surface area (Å²) in [7, 11) is -0.197. The molecule has 0 saturated carbocycles. The van der Waals surface area contributed by atoms with Gasteiger partial charge < -0.3 is 0 Å². The van der Waals surface area contributed by atoms with E-state index >= 15 is 0 Å². The van der Waals surface area contributed by atoms with Crippen molar-refractivity contribution in [1.82, 2.24) is 0 Å². The van der Waals surface area contributed by atoms with Crippen LogP contribution < -0.4 is 17.9 Å². The molecule has 1 unspecified atom stereocenters. The summed E-state index contributed by atoms with van der Waals surface area (Å²) in [6.45, 7) is 4.88. The minimum atomic E-state index is -3.99. The number of ether oxygens (including phenoxy) is 1. The molecule has 1 atom stereocenters. The first-order valence-electron chi connectivity index (χ1n) is 10.5. The molecule has 1 aromatic heterocycles. The standard InChI is InChI=1S/C23H26N2O4S3Te/c1-15(12-21-24(3)23-20(31-21)8-6-16(2)33-23)13-22-25(10-5-11-32(26,27)28)18-14-17(29-4)7-9-19(18)30-22/h6-9,12-14,16H,5,10-11H2,1-4H3/p+1. The van der Waals surface area contributed by atoms with E-state index in [1.807, 2.05) is 29.5 Å². The Hall–Kier alpha value is -1.28. The van der Waals surface area contributed by atoms with Gasteiger partial charge in [0.25, 0.3) is 0 Å². The second-order valence-corrected chi connectivity index (χ2v) is 15.5. The second kappa shape index (κ2) is 10.1. The van der Waals surface area contributed by atoms with E-state index in [0.717, 1.165) is 26.9 Å². The third-order valence-corrected chi connectivity index (χ3v) is 12.3. The van der Waals surface area contributed by atoms with Gasteiger partial charge >= 0.3 is 195 Å². The van der Waals surface area contributed by atoms with Crippen molar-refractivity contribution in [1.29, 1.82) is 0 Å². The predicted octanol–water partition coefficient (Wildman–Crippen LogP) is 3.88. The van der Waals surface area contributed by atoms with Gasteiger partial charge in [0.1, 0.15) is 0 Å². The summed E-state index contributed by atoms with van der Waals surface area (Å²) in [5.74, 6) is 0.492. The molecule has 0 spiro atoms. The summed E-state index contributed by atoms with van der Waals surface area (Å²) in [5, 5.41) is 2.27. The topological polar surface area (TPSA) is 70.7 Å². The average molecular weight is 619 g/mol. The third-order valence-electron chi connectivity index (χ3n) is 5.30. The molecule has 3 heterocycles. The summed E-state index contributed by atoms with van der Waals surface area (Å²) in [5.41, 5.74) is 2.12. The number of fused-ring (bicyclic) bond motifs is 2. The molecule has 176 valence electrons. The van der Waals surface area contributed by atoms with Gasteiger partial charge in [0.2, 0.25) is 0 Å². The van der Waals surface area contributed by atoms with Crippen molar-refractivity contribution < 1.29 is 22.3 Å². The number of methoxy groups -OCH3 is 1. The fraction of sp³-hybridized carbons (Fsp3) is 0.348. The molecule has 6 nitrogen and oxygen atoms in total. The Morgan fingerprint density at radius 1 is 1.39 bits per heavy atom. The van der Waals surface area contributed by atoms with Crippen LogP contribution in [0.25, 0.3) is 12.2 Å². The third kappa shape index (κ3) is 5.87. The fourth-order valence-electron chi connectivity index (χ4n) is 3.68. The second-order valence-electron chi connectivity index (χ2n) is 7.95. The maximum atomic E-state index is 11.2. The molecule has 0 bridgehead atoms. The van der Waals surface area contributed by atoms with Crippen LogP contribution in [0.5, 0.6) is 5.75 Å². The van der Waals surface area contributed by atoms with Crippen LogP contribution in [0.1, 0.15) is 30.2 Å². The first kappa shape index (κ1) is 24.8. The number of hydrogen-bond acceptors (Lipinski definition) is 6. The van der Waals surface area contributed by atoms with E-state index in [2.05, 4.69) is 54.7 Å². The van der Waals surface area contributed by atoms with Crippen LogP contribution in [-0.2, 0) is 17.2 Å². The number of allylic oxidation sites excluding steroid dienone is 3. The van der Waals surface area contributed by atoms with Crippen molar-refractivity contribution in [3.8, 4) is 5.75 Å². The van der Waals surface area contributed by atoms with E-state index in [1.165, 1.54) is 13.6 Å². The zero-order valence-electron chi connectivity index (χ0n) is 18.9. The number of hydrogen-bond donors (Lipinski definition) is 1. The van der Waals surface area contributed by atoms with E-state index in [0.29, 0.717) is 16.9 Å². The summed E-state index contributed by atoms with van der Waals surface area (Å²) < 4.78 is 41.6. The molecule has 2 aliphatic rings. The van der Waals surface area contributed by atoms with Gasteiger partial charge in [0.15, 0.2) is 0 Å². The molecule has 4 rings (SSSR count). The van der Waals surface area contributed by atoms with E-state index in [1.54, 1.807) is 18.9 Å². The molecule has 10 heteroatoms. The van der Waals surface area contributed by atoms with Crippen LogP contribution in [0.4, 0.5) is 5.69 Å². The molecular formula is C23H27N2O4S3Te+. The number of rotatable bonds is 7. The van der Waals surface area contributed by atoms with Crippen LogP contribution in [-0.4, -0.2) is 53.3 Å². The van der Waals surface area contributed by atoms with Crippen molar-refractivity contribution in [3.05, 3.63) is 50.8 Å². The molecule has 2 aromatic rings. The summed E-state index contributed by atoms with van der Waals surface area (Å²) in [6, 6.07) is 5.93. The van der Waals surface area contributed by atoms with Gasteiger partial charge in [-0.25, -0.2) is 0 Å².